The van der Waals surface area contributed by atoms with Crippen LogP contribution in [0.15, 0.2) is 53.9 Å². The predicted octanol–water partition coefficient (Wildman–Crippen LogP) is 4.53. The van der Waals surface area contributed by atoms with Crippen molar-refractivity contribution in [1.82, 2.24) is 14.5 Å². The maximum atomic E-state index is 12.3. The number of imidazole rings is 1. The molecule has 1 N–H and O–H groups in total. The molecular formula is C21H20N4OS. The van der Waals surface area contributed by atoms with Gasteiger partial charge in [0.15, 0.2) is 0 Å². The second-order valence-corrected chi connectivity index (χ2v) is 7.29. The molecule has 2 aromatic carbocycles. The maximum absolute atomic E-state index is 12.3. The molecule has 0 radical (unpaired) electrons. The van der Waals surface area contributed by atoms with Crippen LogP contribution in [-0.4, -0.2) is 20.4 Å². The lowest BCUT2D eigenvalue weighted by Gasteiger charge is -2.07. The van der Waals surface area contributed by atoms with Crippen molar-refractivity contribution in [3.8, 4) is 5.69 Å². The molecular weight excluding hydrogens is 356 g/mol. The summed E-state index contributed by atoms with van der Waals surface area (Å²) >= 11 is 1.60. The van der Waals surface area contributed by atoms with E-state index in [4.69, 9.17) is 0 Å². The van der Waals surface area contributed by atoms with E-state index in [1.165, 1.54) is 0 Å². The molecule has 1 amide bonds. The van der Waals surface area contributed by atoms with E-state index in [1.54, 1.807) is 11.3 Å². The molecule has 4 rings (SSSR count). The number of amides is 1. The SMILES string of the molecule is CCc1nc(CC(=O)Nc2ccc3c(c2)nc(C)n3-c2ccccc2)cs1. The van der Waals surface area contributed by atoms with Gasteiger partial charge in [0, 0.05) is 16.8 Å². The number of carbonyl (C=O) groups is 1. The zero-order chi connectivity index (χ0) is 18.8. The smallest absolute Gasteiger partial charge is 0.230 e. The largest absolute Gasteiger partial charge is 0.326 e. The number of hydrogen-bond acceptors (Lipinski definition) is 4. The number of rotatable bonds is 5. The molecule has 0 bridgehead atoms. The zero-order valence-electron chi connectivity index (χ0n) is 15.3. The summed E-state index contributed by atoms with van der Waals surface area (Å²) in [4.78, 5) is 21.4. The lowest BCUT2D eigenvalue weighted by Crippen LogP contribution is -2.14. The minimum atomic E-state index is -0.0680. The number of carbonyl (C=O) groups excluding carboxylic acids is 1. The van der Waals surface area contributed by atoms with Crippen LogP contribution < -0.4 is 5.32 Å². The van der Waals surface area contributed by atoms with Crippen LogP contribution in [-0.2, 0) is 17.6 Å². The van der Waals surface area contributed by atoms with Crippen molar-refractivity contribution in [2.45, 2.75) is 26.7 Å². The molecule has 6 heteroatoms. The van der Waals surface area contributed by atoms with E-state index in [2.05, 4.69) is 38.9 Å². The van der Waals surface area contributed by atoms with Crippen LogP contribution in [0.5, 0.6) is 0 Å². The lowest BCUT2D eigenvalue weighted by molar-refractivity contribution is -0.115. The number of fused-ring (bicyclic) bond motifs is 1. The van der Waals surface area contributed by atoms with Crippen LogP contribution >= 0.6 is 11.3 Å². The fourth-order valence-electron chi connectivity index (χ4n) is 3.14. The number of aromatic nitrogens is 3. The fourth-order valence-corrected chi connectivity index (χ4v) is 3.89. The summed E-state index contributed by atoms with van der Waals surface area (Å²) in [7, 11) is 0. The van der Waals surface area contributed by atoms with Gasteiger partial charge in [-0.25, -0.2) is 9.97 Å². The van der Waals surface area contributed by atoms with E-state index in [0.717, 1.165) is 45.4 Å². The van der Waals surface area contributed by atoms with E-state index in [9.17, 15) is 4.79 Å². The van der Waals surface area contributed by atoms with Crippen molar-refractivity contribution in [2.24, 2.45) is 0 Å². The number of hydrogen-bond donors (Lipinski definition) is 1. The minimum Gasteiger partial charge on any atom is -0.326 e. The standard InChI is InChI=1S/C21H20N4OS/c1-3-21-24-16(13-27-21)12-20(26)23-15-9-10-19-18(11-15)22-14(2)25(19)17-7-5-4-6-8-17/h4-11,13H,3,12H2,1-2H3,(H,23,26). The Labute approximate surface area is 161 Å². The van der Waals surface area contributed by atoms with Gasteiger partial charge in [0.1, 0.15) is 5.82 Å². The third-order valence-electron chi connectivity index (χ3n) is 4.36. The summed E-state index contributed by atoms with van der Waals surface area (Å²) in [5.41, 5.74) is 4.51. The molecule has 0 spiro atoms. The van der Waals surface area contributed by atoms with Crippen LogP contribution in [0.25, 0.3) is 16.7 Å². The Hall–Kier alpha value is -2.99. The molecule has 0 aliphatic rings. The van der Waals surface area contributed by atoms with Gasteiger partial charge >= 0.3 is 0 Å². The summed E-state index contributed by atoms with van der Waals surface area (Å²) < 4.78 is 2.11. The highest BCUT2D eigenvalue weighted by Crippen LogP contribution is 2.24. The Bertz CT molecular complexity index is 1100. The van der Waals surface area contributed by atoms with E-state index in [0.29, 0.717) is 0 Å². The maximum Gasteiger partial charge on any atom is 0.230 e. The first kappa shape index (κ1) is 17.4. The lowest BCUT2D eigenvalue weighted by atomic mass is 10.2. The van der Waals surface area contributed by atoms with Crippen molar-refractivity contribution >= 4 is 34.0 Å². The Kier molecular flexibility index (Phi) is 4.73. The van der Waals surface area contributed by atoms with Crippen LogP contribution in [0.4, 0.5) is 5.69 Å². The van der Waals surface area contributed by atoms with Gasteiger partial charge in [-0.05, 0) is 43.7 Å². The third-order valence-corrected chi connectivity index (χ3v) is 5.41. The van der Waals surface area contributed by atoms with Gasteiger partial charge in [0.2, 0.25) is 5.91 Å². The quantitative estimate of drug-likeness (QED) is 0.556. The van der Waals surface area contributed by atoms with E-state index in [-0.39, 0.29) is 12.3 Å². The molecule has 27 heavy (non-hydrogen) atoms. The Morgan fingerprint density at radius 2 is 1.96 bits per heavy atom. The molecule has 2 heterocycles. The summed E-state index contributed by atoms with van der Waals surface area (Å²) in [6.45, 7) is 4.05. The van der Waals surface area contributed by atoms with Crippen LogP contribution in [0.3, 0.4) is 0 Å². The van der Waals surface area contributed by atoms with Gasteiger partial charge in [0.25, 0.3) is 0 Å². The number of aryl methyl sites for hydroxylation is 2. The van der Waals surface area contributed by atoms with Gasteiger partial charge in [-0.15, -0.1) is 11.3 Å². The van der Waals surface area contributed by atoms with Gasteiger partial charge in [-0.1, -0.05) is 25.1 Å². The average Bonchev–Trinajstić information content (AvgIpc) is 3.25. The second-order valence-electron chi connectivity index (χ2n) is 6.34. The fraction of sp³-hybridized carbons (Fsp3) is 0.190. The molecule has 0 aliphatic carbocycles. The predicted molar refractivity (Wildman–Crippen MR) is 110 cm³/mol. The first-order chi connectivity index (χ1) is 13.1. The molecule has 0 aliphatic heterocycles. The zero-order valence-corrected chi connectivity index (χ0v) is 16.1. The summed E-state index contributed by atoms with van der Waals surface area (Å²) in [5.74, 6) is 0.843. The number of nitrogens with one attached hydrogen (secondary N) is 1. The Morgan fingerprint density at radius 1 is 1.15 bits per heavy atom. The van der Waals surface area contributed by atoms with Crippen LogP contribution in [0, 0.1) is 6.92 Å². The molecule has 4 aromatic rings. The number of benzene rings is 2. The highest BCUT2D eigenvalue weighted by atomic mass is 32.1. The molecule has 0 saturated heterocycles. The van der Waals surface area contributed by atoms with Crippen LogP contribution in [0.2, 0.25) is 0 Å². The topological polar surface area (TPSA) is 59.8 Å². The van der Waals surface area contributed by atoms with Crippen molar-refractivity contribution in [1.29, 1.82) is 0 Å². The molecule has 136 valence electrons. The summed E-state index contributed by atoms with van der Waals surface area (Å²) in [5, 5.41) is 5.96. The number of thiazole rings is 1. The molecule has 0 fully saturated rings. The van der Waals surface area contributed by atoms with Gasteiger partial charge < -0.3 is 5.32 Å². The van der Waals surface area contributed by atoms with Crippen molar-refractivity contribution in [3.05, 3.63) is 70.4 Å². The third kappa shape index (κ3) is 3.61. The van der Waals surface area contributed by atoms with Crippen molar-refractivity contribution in [3.63, 3.8) is 0 Å². The molecule has 2 aromatic heterocycles. The normalized spacial score (nSPS) is 11.0. The minimum absolute atomic E-state index is 0.0680. The Morgan fingerprint density at radius 3 is 2.70 bits per heavy atom. The molecule has 5 nitrogen and oxygen atoms in total. The van der Waals surface area contributed by atoms with E-state index in [1.807, 2.05) is 48.7 Å². The second kappa shape index (κ2) is 7.32. The van der Waals surface area contributed by atoms with Gasteiger partial charge in [-0.3, -0.25) is 9.36 Å². The number of para-hydroxylation sites is 1. The highest BCUT2D eigenvalue weighted by Gasteiger charge is 2.12. The first-order valence-electron chi connectivity index (χ1n) is 8.91. The van der Waals surface area contributed by atoms with Gasteiger partial charge in [0.05, 0.1) is 28.2 Å². The van der Waals surface area contributed by atoms with Gasteiger partial charge in [-0.2, -0.15) is 0 Å². The average molecular weight is 376 g/mol. The monoisotopic (exact) mass is 376 g/mol. The highest BCUT2D eigenvalue weighted by molar-refractivity contribution is 7.09. The molecule has 0 unspecified atom stereocenters. The van der Waals surface area contributed by atoms with Crippen molar-refractivity contribution in [2.75, 3.05) is 5.32 Å². The van der Waals surface area contributed by atoms with E-state index >= 15 is 0 Å². The molecule has 0 saturated carbocycles. The number of nitrogens with zero attached hydrogens (tertiary/aromatic N) is 3. The summed E-state index contributed by atoms with van der Waals surface area (Å²) in [6.07, 6.45) is 1.18. The first-order valence-corrected chi connectivity index (χ1v) is 9.79. The summed E-state index contributed by atoms with van der Waals surface area (Å²) in [6, 6.07) is 16.0. The van der Waals surface area contributed by atoms with Crippen molar-refractivity contribution < 1.29 is 4.79 Å². The van der Waals surface area contributed by atoms with E-state index < -0.39 is 0 Å². The molecule has 0 atom stereocenters. The van der Waals surface area contributed by atoms with Crippen LogP contribution in [0.1, 0.15) is 23.4 Å². The Balaban J connectivity index is 1.56. The number of anilines is 1.